The standard InChI is InChI=1S/C12H16N4O/c1-8-14-11(13)12(15-8)16-10-6-4-3-5-9(10)7-17-2/h3-6,16H,7,13H2,1-2H3,(H,14,15). The van der Waals surface area contributed by atoms with Gasteiger partial charge in [0, 0.05) is 18.4 Å². The number of hydrogen-bond acceptors (Lipinski definition) is 4. The molecule has 0 saturated carbocycles. The minimum absolute atomic E-state index is 0.537. The molecule has 4 N–H and O–H groups in total. The number of aryl methyl sites for hydroxylation is 1. The average Bonchev–Trinajstić information content (AvgIpc) is 2.61. The van der Waals surface area contributed by atoms with Crippen molar-refractivity contribution in [3.05, 3.63) is 35.7 Å². The maximum Gasteiger partial charge on any atom is 0.173 e. The van der Waals surface area contributed by atoms with Gasteiger partial charge in [0.05, 0.1) is 6.61 Å². The summed E-state index contributed by atoms with van der Waals surface area (Å²) in [5.74, 6) is 1.97. The lowest BCUT2D eigenvalue weighted by atomic mass is 10.2. The summed E-state index contributed by atoms with van der Waals surface area (Å²) in [7, 11) is 1.67. The van der Waals surface area contributed by atoms with Crippen molar-refractivity contribution in [1.29, 1.82) is 0 Å². The molecule has 90 valence electrons. The first kappa shape index (κ1) is 11.5. The lowest BCUT2D eigenvalue weighted by Gasteiger charge is -2.09. The smallest absolute Gasteiger partial charge is 0.173 e. The molecule has 2 aromatic rings. The van der Waals surface area contributed by atoms with Crippen LogP contribution in [0.15, 0.2) is 24.3 Å². The van der Waals surface area contributed by atoms with Gasteiger partial charge in [-0.1, -0.05) is 18.2 Å². The van der Waals surface area contributed by atoms with E-state index < -0.39 is 0 Å². The first-order valence-electron chi connectivity index (χ1n) is 5.36. The van der Waals surface area contributed by atoms with Gasteiger partial charge >= 0.3 is 0 Å². The number of H-pyrrole nitrogens is 1. The van der Waals surface area contributed by atoms with Crippen LogP contribution in [0.1, 0.15) is 11.4 Å². The molecule has 0 saturated heterocycles. The summed E-state index contributed by atoms with van der Waals surface area (Å²) in [6, 6.07) is 7.90. The van der Waals surface area contributed by atoms with Crippen LogP contribution in [0, 0.1) is 6.92 Å². The summed E-state index contributed by atoms with van der Waals surface area (Å²) in [6.07, 6.45) is 0. The summed E-state index contributed by atoms with van der Waals surface area (Å²) in [5.41, 5.74) is 7.82. The number of hydrogen-bond donors (Lipinski definition) is 3. The van der Waals surface area contributed by atoms with Crippen molar-refractivity contribution in [3.8, 4) is 0 Å². The summed E-state index contributed by atoms with van der Waals surface area (Å²) in [6.45, 7) is 2.41. The molecule has 0 aliphatic carbocycles. The number of aromatic amines is 1. The number of para-hydroxylation sites is 1. The highest BCUT2D eigenvalue weighted by molar-refractivity contribution is 5.68. The molecule has 0 atom stereocenters. The van der Waals surface area contributed by atoms with Crippen LogP contribution in [-0.2, 0) is 11.3 Å². The summed E-state index contributed by atoms with van der Waals surface area (Å²) in [5, 5.41) is 3.20. The Balaban J connectivity index is 2.26. The highest BCUT2D eigenvalue weighted by Gasteiger charge is 2.07. The fourth-order valence-electron chi connectivity index (χ4n) is 1.66. The van der Waals surface area contributed by atoms with Crippen molar-refractivity contribution >= 4 is 17.3 Å². The predicted molar refractivity (Wildman–Crippen MR) is 68.2 cm³/mol. The second-order valence-electron chi connectivity index (χ2n) is 3.80. The van der Waals surface area contributed by atoms with Gasteiger partial charge in [0.2, 0.25) is 0 Å². The van der Waals surface area contributed by atoms with E-state index >= 15 is 0 Å². The average molecular weight is 232 g/mol. The van der Waals surface area contributed by atoms with Gasteiger partial charge in [0.1, 0.15) is 11.6 Å². The second kappa shape index (κ2) is 4.88. The van der Waals surface area contributed by atoms with E-state index in [-0.39, 0.29) is 0 Å². The van der Waals surface area contributed by atoms with Crippen molar-refractivity contribution < 1.29 is 4.74 Å². The van der Waals surface area contributed by atoms with Crippen LogP contribution < -0.4 is 11.1 Å². The monoisotopic (exact) mass is 232 g/mol. The molecule has 0 bridgehead atoms. The van der Waals surface area contributed by atoms with E-state index in [1.54, 1.807) is 7.11 Å². The first-order chi connectivity index (χ1) is 8.20. The fourth-order valence-corrected chi connectivity index (χ4v) is 1.66. The Hall–Kier alpha value is -2.01. The maximum absolute atomic E-state index is 5.80. The maximum atomic E-state index is 5.80. The van der Waals surface area contributed by atoms with Gasteiger partial charge in [-0.15, -0.1) is 0 Å². The lowest BCUT2D eigenvalue weighted by molar-refractivity contribution is 0.185. The molecular weight excluding hydrogens is 216 g/mol. The molecule has 0 fully saturated rings. The molecule has 0 spiro atoms. The van der Waals surface area contributed by atoms with E-state index in [9.17, 15) is 0 Å². The number of imidazole rings is 1. The molecule has 0 radical (unpaired) electrons. The zero-order valence-electron chi connectivity index (χ0n) is 9.95. The molecule has 1 aromatic carbocycles. The molecule has 0 aliphatic heterocycles. The molecule has 0 unspecified atom stereocenters. The molecule has 1 heterocycles. The van der Waals surface area contributed by atoms with Crippen molar-refractivity contribution in [2.24, 2.45) is 0 Å². The topological polar surface area (TPSA) is 76.0 Å². The predicted octanol–water partition coefficient (Wildman–Crippen LogP) is 2.19. The van der Waals surface area contributed by atoms with Gasteiger partial charge in [-0.2, -0.15) is 0 Å². The molecule has 0 aliphatic rings. The number of nitrogens with zero attached hydrogens (tertiary/aromatic N) is 1. The number of nitrogen functional groups attached to an aromatic ring is 1. The van der Waals surface area contributed by atoms with Gasteiger partial charge in [0.15, 0.2) is 5.82 Å². The molecule has 17 heavy (non-hydrogen) atoms. The van der Waals surface area contributed by atoms with Gasteiger partial charge < -0.3 is 20.8 Å². The Morgan fingerprint density at radius 3 is 2.82 bits per heavy atom. The molecule has 2 rings (SSSR count). The number of ether oxygens (including phenoxy) is 1. The van der Waals surface area contributed by atoms with Gasteiger partial charge in [-0.3, -0.25) is 0 Å². The third-order valence-electron chi connectivity index (χ3n) is 2.42. The normalized spacial score (nSPS) is 10.5. The van der Waals surface area contributed by atoms with Crippen LogP contribution in [-0.4, -0.2) is 17.1 Å². The van der Waals surface area contributed by atoms with Crippen molar-refractivity contribution in [1.82, 2.24) is 9.97 Å². The van der Waals surface area contributed by atoms with Crippen molar-refractivity contribution in [2.45, 2.75) is 13.5 Å². The van der Waals surface area contributed by atoms with E-state index in [0.717, 1.165) is 17.1 Å². The SMILES string of the molecule is COCc1ccccc1Nc1nc(C)[nH]c1N. The number of nitrogens with two attached hydrogens (primary N) is 1. The number of rotatable bonds is 4. The number of nitrogens with one attached hydrogen (secondary N) is 2. The van der Waals surface area contributed by atoms with E-state index in [2.05, 4.69) is 15.3 Å². The second-order valence-corrected chi connectivity index (χ2v) is 3.80. The first-order valence-corrected chi connectivity index (χ1v) is 5.36. The van der Waals surface area contributed by atoms with Crippen LogP contribution in [0.2, 0.25) is 0 Å². The van der Waals surface area contributed by atoms with Crippen LogP contribution in [0.3, 0.4) is 0 Å². The van der Waals surface area contributed by atoms with E-state index in [4.69, 9.17) is 10.5 Å². The molecular formula is C12H16N4O. The van der Waals surface area contributed by atoms with Crippen LogP contribution in [0.25, 0.3) is 0 Å². The van der Waals surface area contributed by atoms with Crippen LogP contribution >= 0.6 is 0 Å². The quantitative estimate of drug-likeness (QED) is 0.755. The van der Waals surface area contributed by atoms with Crippen molar-refractivity contribution in [2.75, 3.05) is 18.2 Å². The summed E-state index contributed by atoms with van der Waals surface area (Å²) < 4.78 is 5.14. The zero-order valence-corrected chi connectivity index (χ0v) is 9.95. The van der Waals surface area contributed by atoms with Gasteiger partial charge in [0.25, 0.3) is 0 Å². The van der Waals surface area contributed by atoms with Crippen LogP contribution in [0.5, 0.6) is 0 Å². The van der Waals surface area contributed by atoms with E-state index in [0.29, 0.717) is 18.2 Å². The largest absolute Gasteiger partial charge is 0.382 e. The minimum atomic E-state index is 0.537. The fraction of sp³-hybridized carbons (Fsp3) is 0.250. The molecule has 5 heteroatoms. The Morgan fingerprint density at radius 1 is 1.41 bits per heavy atom. The van der Waals surface area contributed by atoms with E-state index in [1.807, 2.05) is 31.2 Å². The Bertz CT molecular complexity index is 507. The third kappa shape index (κ3) is 2.57. The Kier molecular flexibility index (Phi) is 3.30. The van der Waals surface area contributed by atoms with Gasteiger partial charge in [-0.05, 0) is 13.0 Å². The Labute approximate surface area is 100 Å². The molecule has 0 amide bonds. The number of aromatic nitrogens is 2. The number of anilines is 3. The summed E-state index contributed by atoms with van der Waals surface area (Å²) in [4.78, 5) is 7.23. The van der Waals surface area contributed by atoms with Gasteiger partial charge in [-0.25, -0.2) is 4.98 Å². The Morgan fingerprint density at radius 2 is 2.18 bits per heavy atom. The summed E-state index contributed by atoms with van der Waals surface area (Å²) >= 11 is 0. The highest BCUT2D eigenvalue weighted by Crippen LogP contribution is 2.23. The minimum Gasteiger partial charge on any atom is -0.382 e. The third-order valence-corrected chi connectivity index (χ3v) is 2.42. The lowest BCUT2D eigenvalue weighted by Crippen LogP contribution is -1.99. The number of benzene rings is 1. The number of methoxy groups -OCH3 is 1. The van der Waals surface area contributed by atoms with E-state index in [1.165, 1.54) is 0 Å². The molecule has 1 aromatic heterocycles. The van der Waals surface area contributed by atoms with Crippen molar-refractivity contribution in [3.63, 3.8) is 0 Å². The highest BCUT2D eigenvalue weighted by atomic mass is 16.5. The van der Waals surface area contributed by atoms with Crippen LogP contribution in [0.4, 0.5) is 17.3 Å². The zero-order chi connectivity index (χ0) is 12.3. The molecule has 5 nitrogen and oxygen atoms in total.